The molecule has 4 heterocycles. The maximum Gasteiger partial charge on any atom is 0.405 e. The average Bonchev–Trinajstić information content (AvgIpc) is 3.89. The Kier molecular flexibility index (Phi) is 21.0. The van der Waals surface area contributed by atoms with Crippen LogP contribution in [0.5, 0.6) is 5.75 Å². The highest BCUT2D eigenvalue weighted by Gasteiger charge is 2.34. The Morgan fingerprint density at radius 2 is 1.78 bits per heavy atom. The number of ether oxygens (including phenoxy) is 4. The highest BCUT2D eigenvalue weighted by atomic mass is 35.5. The van der Waals surface area contributed by atoms with Crippen LogP contribution in [0.1, 0.15) is 104 Å². The first-order valence-corrected chi connectivity index (χ1v) is 26.2. The lowest BCUT2D eigenvalue weighted by Gasteiger charge is -2.32. The molecule has 21 heteroatoms. The summed E-state index contributed by atoms with van der Waals surface area (Å²) in [4.78, 5) is 72.8. The van der Waals surface area contributed by atoms with E-state index in [9.17, 15) is 33.5 Å². The van der Waals surface area contributed by atoms with Crippen molar-refractivity contribution >= 4 is 58.5 Å². The number of allylic oxidation sites excluding steroid dienone is 4. The number of pyridine rings is 1. The van der Waals surface area contributed by atoms with Gasteiger partial charge in [-0.15, -0.1) is 0 Å². The highest BCUT2D eigenvalue weighted by Crippen LogP contribution is 2.38. The van der Waals surface area contributed by atoms with Crippen molar-refractivity contribution in [2.24, 2.45) is 17.6 Å². The number of rotatable bonds is 15. The van der Waals surface area contributed by atoms with Crippen molar-refractivity contribution in [3.63, 3.8) is 0 Å². The van der Waals surface area contributed by atoms with Crippen LogP contribution in [0, 0.1) is 17.7 Å². The van der Waals surface area contributed by atoms with Gasteiger partial charge in [-0.1, -0.05) is 67.8 Å². The van der Waals surface area contributed by atoms with Gasteiger partial charge in [0.05, 0.1) is 40.9 Å². The number of primary amides is 1. The molecule has 2 bridgehead atoms. The van der Waals surface area contributed by atoms with E-state index in [1.807, 2.05) is 22.7 Å². The predicted molar refractivity (Wildman–Crippen MR) is 286 cm³/mol. The second kappa shape index (κ2) is 27.1. The van der Waals surface area contributed by atoms with E-state index in [1.54, 1.807) is 64.4 Å². The van der Waals surface area contributed by atoms with Gasteiger partial charge in [-0.2, -0.15) is 5.10 Å². The average molecular weight is 1090 g/mol. The number of unbranched alkanes of at least 4 members (excludes halogenated alkanes) is 2. The van der Waals surface area contributed by atoms with Gasteiger partial charge < -0.3 is 51.1 Å². The fourth-order valence-corrected chi connectivity index (χ4v) is 10.3. The van der Waals surface area contributed by atoms with Gasteiger partial charge in [-0.25, -0.2) is 14.2 Å². The molecule has 1 saturated heterocycles. The first kappa shape index (κ1) is 58.9. The van der Waals surface area contributed by atoms with E-state index in [2.05, 4.69) is 20.7 Å². The normalized spacial score (nSPS) is 24.6. The lowest BCUT2D eigenvalue weighted by molar-refractivity contribution is -0.132. The first-order valence-electron chi connectivity index (χ1n) is 25.4. The molecule has 0 spiro atoms. The Balaban J connectivity index is 1.03. The van der Waals surface area contributed by atoms with Crippen LogP contribution in [0.4, 0.5) is 15.0 Å². The van der Waals surface area contributed by atoms with Crippen molar-refractivity contribution in [1.29, 1.82) is 0 Å². The number of benzene rings is 1. The number of carbonyl (C=O) groups excluding carboxylic acids is 5. The van der Waals surface area contributed by atoms with Gasteiger partial charge in [0.2, 0.25) is 17.5 Å². The zero-order chi connectivity index (χ0) is 55.4. The summed E-state index contributed by atoms with van der Waals surface area (Å²) < 4.78 is 39.0. The van der Waals surface area contributed by atoms with E-state index >= 15 is 0 Å². The minimum absolute atomic E-state index is 0.0594. The molecule has 0 saturated carbocycles. The number of fused-ring (bicyclic) bond motifs is 2. The molecule has 3 amide bonds. The lowest BCUT2D eigenvalue weighted by atomic mass is 9.85. The molecule has 1 unspecified atom stereocenters. The summed E-state index contributed by atoms with van der Waals surface area (Å²) in [6, 6.07) is 4.41. The van der Waals surface area contributed by atoms with Crippen LogP contribution >= 0.6 is 23.2 Å². The molecule has 18 nitrogen and oxygen atoms in total. The number of likely N-dealkylation sites (tertiary alicyclic amines) is 1. The molecule has 1 aromatic carbocycles. The van der Waals surface area contributed by atoms with Crippen molar-refractivity contribution in [3.8, 4) is 16.9 Å². The number of aliphatic hydroxyl groups is 1. The molecule has 0 radical (unpaired) electrons. The smallest absolute Gasteiger partial charge is 0.405 e. The van der Waals surface area contributed by atoms with Gasteiger partial charge in [-0.05, 0) is 89.0 Å². The molecular formula is C55H69Cl2FN8O10. The molecule has 3 aliphatic rings. The quantitative estimate of drug-likeness (QED) is 0.0416. The van der Waals surface area contributed by atoms with E-state index < -0.39 is 65.8 Å². The number of nitrogens with one attached hydrogen (secondary N) is 2. The number of nitrogens with zero attached hydrogens (tertiary/aromatic N) is 4. The van der Waals surface area contributed by atoms with Gasteiger partial charge in [0.25, 0.3) is 5.91 Å². The number of hydrogen-bond donors (Lipinski definition) is 5. The molecule has 7 atom stereocenters. The number of nitrogen functional groups attached to an aromatic ring is 1. The van der Waals surface area contributed by atoms with Gasteiger partial charge >= 0.3 is 6.09 Å². The van der Waals surface area contributed by atoms with Crippen molar-refractivity contribution in [2.75, 3.05) is 39.6 Å². The number of Topliss-reactive ketones (excluding diaryl/α,β-unsaturated/α-hetero) is 1. The Morgan fingerprint density at radius 1 is 1.04 bits per heavy atom. The fourth-order valence-electron chi connectivity index (χ4n) is 9.67. The van der Waals surface area contributed by atoms with Crippen LogP contribution < -0.4 is 26.8 Å². The summed E-state index contributed by atoms with van der Waals surface area (Å²) in [6.45, 7) is 10.1. The number of ketones is 2. The summed E-state index contributed by atoms with van der Waals surface area (Å²) in [5.41, 5.74) is 14.3. The Bertz CT molecular complexity index is 2790. The monoisotopic (exact) mass is 1090 g/mol. The summed E-state index contributed by atoms with van der Waals surface area (Å²) in [5.74, 6) is -2.51. The molecule has 1 aliphatic carbocycles. The number of nitrogens with two attached hydrogens (primary N) is 2. The maximum atomic E-state index is 14.2. The van der Waals surface area contributed by atoms with Crippen LogP contribution in [0.15, 0.2) is 95.3 Å². The topological polar surface area (TPSA) is 253 Å². The van der Waals surface area contributed by atoms with Crippen LogP contribution in [0.3, 0.4) is 0 Å². The van der Waals surface area contributed by atoms with E-state index in [1.165, 1.54) is 32.4 Å². The maximum absolute atomic E-state index is 14.2. The van der Waals surface area contributed by atoms with Gasteiger partial charge in [0.15, 0.2) is 17.7 Å². The largest absolute Gasteiger partial charge is 0.482 e. The van der Waals surface area contributed by atoms with Gasteiger partial charge in [0.1, 0.15) is 18.0 Å². The summed E-state index contributed by atoms with van der Waals surface area (Å²) >= 11 is 12.5. The molecule has 2 aliphatic heterocycles. The Labute approximate surface area is 452 Å². The zero-order valence-electron chi connectivity index (χ0n) is 43.9. The zero-order valence-corrected chi connectivity index (χ0v) is 45.5. The third-order valence-electron chi connectivity index (χ3n) is 14.0. The number of methoxy groups -OCH3 is 2. The van der Waals surface area contributed by atoms with E-state index in [0.717, 1.165) is 11.6 Å². The summed E-state index contributed by atoms with van der Waals surface area (Å²) in [6.07, 6.45) is 11.6. The number of anilines is 1. The van der Waals surface area contributed by atoms with Gasteiger partial charge in [0, 0.05) is 97.5 Å². The van der Waals surface area contributed by atoms with Crippen LogP contribution in [-0.4, -0.2) is 113 Å². The Morgan fingerprint density at radius 3 is 2.47 bits per heavy atom. The van der Waals surface area contributed by atoms with Gasteiger partial charge in [-0.3, -0.25) is 23.9 Å². The third-order valence-corrected chi connectivity index (χ3v) is 14.7. The number of aromatic nitrogens is 3. The molecule has 6 rings (SSSR count). The van der Waals surface area contributed by atoms with Crippen molar-refractivity contribution < 1.29 is 52.4 Å². The minimum Gasteiger partial charge on any atom is -0.482 e. The number of aliphatic hydroxyl groups excluding tert-OH is 1. The van der Waals surface area contributed by atoms with Crippen LogP contribution in [0.2, 0.25) is 10.0 Å². The van der Waals surface area contributed by atoms with Crippen molar-refractivity contribution in [1.82, 2.24) is 30.3 Å². The van der Waals surface area contributed by atoms with Crippen LogP contribution in [0.25, 0.3) is 11.1 Å². The van der Waals surface area contributed by atoms with Crippen molar-refractivity contribution in [3.05, 3.63) is 117 Å². The molecule has 7 N–H and O–H groups in total. The first-order chi connectivity index (χ1) is 36.2. The second-order valence-corrected chi connectivity index (χ2v) is 20.4. The minimum atomic E-state index is -1.02. The third kappa shape index (κ3) is 15.0. The molecule has 410 valence electrons. The molecule has 2 aromatic heterocycles. The molecule has 1 fully saturated rings. The number of halogens is 3. The second-order valence-electron chi connectivity index (χ2n) is 19.6. The lowest BCUT2D eigenvalue weighted by Crippen LogP contribution is -2.39. The highest BCUT2D eigenvalue weighted by molar-refractivity contribution is 6.36. The summed E-state index contributed by atoms with van der Waals surface area (Å²) in [7, 11) is 2.91. The number of piperidine rings is 1. The molecule has 3 aromatic rings. The fraction of sp³-hybridized carbons (Fsp3) is 0.473. The Hall–Kier alpha value is -6.38. The number of amides is 3. The van der Waals surface area contributed by atoms with E-state index in [-0.39, 0.29) is 68.4 Å². The standard InChI is InChI=1S/C55H69Cl2FN8O10/c1-30-22-38-49(42(67)26-41(51(38)70)64-54(71)31(2)12-11-13-43(73-6)52(76-55(60)72)33(4)24-32(3)50(69)44(23-30)74-7)61-19-10-8-9-14-46(68)65-20-17-37(18-21-65)66-29-36(28-63-66)35-25-45(53(59)62-27-35)75-34(5)47-39(56)15-16-40(58)48(47)57/h11-13,15-16,24-30,32,34,37,43-44,50,52,61,69H,8-10,14,17-23H2,1-7H3,(H2,59,62)(H2,60,72)(H,64,71)/b13-11-,31-12-,33-24-/t30-,32+,34?,43+,44+,50+,52+/m1/s1. The molecule has 76 heavy (non-hydrogen) atoms. The SMILES string of the molecule is CO[C@H]1/C=C\C=C(\C)C(=O)NC2=CC(=O)C(NCCCCCC(=O)N3CCC(n4cc(-c5cnc(N)c(OC(C)c6c(Cl)ccc(F)c6Cl)c5)cn4)CC3)=C(C[C@@H](C)C[C@H](OC)[C@@H](O)[C@@H](C)/C=C(/C)[C@@H]1OC(N)=O)C2=O. The van der Waals surface area contributed by atoms with Crippen LogP contribution in [-0.2, 0) is 33.4 Å². The van der Waals surface area contributed by atoms with E-state index in [0.29, 0.717) is 81.3 Å². The van der Waals surface area contributed by atoms with E-state index in [4.69, 9.17) is 53.6 Å². The number of hydrogen-bond acceptors (Lipinski definition) is 14. The van der Waals surface area contributed by atoms with Crippen molar-refractivity contribution in [2.45, 2.75) is 123 Å². The molecular weight excluding hydrogens is 1020 g/mol. The summed E-state index contributed by atoms with van der Waals surface area (Å²) in [5, 5.41) is 22.1. The predicted octanol–water partition coefficient (Wildman–Crippen LogP) is 8.20. The number of carbonyl (C=O) groups is 5.